The van der Waals surface area contributed by atoms with Crippen molar-refractivity contribution in [1.82, 2.24) is 15.2 Å². The molecule has 1 unspecified atom stereocenters. The quantitative estimate of drug-likeness (QED) is 0.617. The first-order chi connectivity index (χ1) is 12.6. The van der Waals surface area contributed by atoms with Crippen molar-refractivity contribution in [2.24, 2.45) is 0 Å². The average molecular weight is 389 g/mol. The average Bonchev–Trinajstić information content (AvgIpc) is 3.10. The van der Waals surface area contributed by atoms with Gasteiger partial charge in [0.2, 0.25) is 11.1 Å². The summed E-state index contributed by atoms with van der Waals surface area (Å²) in [6.45, 7) is 1.80. The third-order valence-electron chi connectivity index (χ3n) is 3.57. The van der Waals surface area contributed by atoms with Crippen LogP contribution in [0.25, 0.3) is 11.4 Å². The van der Waals surface area contributed by atoms with E-state index in [0.717, 1.165) is 5.69 Å². The molecule has 2 N–H and O–H groups in total. The summed E-state index contributed by atoms with van der Waals surface area (Å²) >= 11 is 7.32. The molecule has 3 aromatic rings. The van der Waals surface area contributed by atoms with Crippen LogP contribution in [0.15, 0.2) is 53.7 Å². The molecule has 2 aromatic carbocycles. The van der Waals surface area contributed by atoms with Crippen molar-refractivity contribution in [3.63, 3.8) is 0 Å². The van der Waals surface area contributed by atoms with Crippen LogP contribution >= 0.6 is 23.4 Å². The third-order valence-corrected chi connectivity index (χ3v) is 4.77. The van der Waals surface area contributed by atoms with E-state index in [-0.39, 0.29) is 11.2 Å². The van der Waals surface area contributed by atoms with Crippen LogP contribution in [0.3, 0.4) is 0 Å². The van der Waals surface area contributed by atoms with Crippen molar-refractivity contribution < 1.29 is 9.53 Å². The van der Waals surface area contributed by atoms with Gasteiger partial charge in [0.25, 0.3) is 0 Å². The Bertz CT molecular complexity index is 901. The highest BCUT2D eigenvalue weighted by atomic mass is 35.5. The third kappa shape index (κ3) is 4.36. The molecular weight excluding hydrogens is 372 g/mol. The van der Waals surface area contributed by atoms with Crippen molar-refractivity contribution in [2.75, 3.05) is 12.4 Å². The first-order valence-corrected chi connectivity index (χ1v) is 9.11. The molecule has 1 atom stereocenters. The normalized spacial score (nSPS) is 11.8. The topological polar surface area (TPSA) is 79.9 Å². The highest BCUT2D eigenvalue weighted by Gasteiger charge is 2.18. The lowest BCUT2D eigenvalue weighted by Gasteiger charge is -2.09. The lowest BCUT2D eigenvalue weighted by atomic mass is 10.2. The first-order valence-electron chi connectivity index (χ1n) is 7.85. The lowest BCUT2D eigenvalue weighted by Crippen LogP contribution is -2.22. The molecule has 0 radical (unpaired) electrons. The maximum absolute atomic E-state index is 12.3. The number of H-pyrrole nitrogens is 1. The van der Waals surface area contributed by atoms with Gasteiger partial charge in [-0.25, -0.2) is 4.98 Å². The molecule has 8 heteroatoms. The Balaban J connectivity index is 1.70. The maximum Gasteiger partial charge on any atom is 0.237 e. The van der Waals surface area contributed by atoms with E-state index in [4.69, 9.17) is 16.3 Å². The van der Waals surface area contributed by atoms with E-state index in [1.54, 1.807) is 32.2 Å². The van der Waals surface area contributed by atoms with Crippen LogP contribution < -0.4 is 10.1 Å². The minimum Gasteiger partial charge on any atom is -0.496 e. The second-order valence-corrected chi connectivity index (χ2v) is 7.17. The van der Waals surface area contributed by atoms with Gasteiger partial charge in [-0.2, -0.15) is 0 Å². The molecule has 134 valence electrons. The molecule has 1 amide bonds. The number of nitrogens with one attached hydrogen (secondary N) is 2. The van der Waals surface area contributed by atoms with Gasteiger partial charge in [0.1, 0.15) is 5.75 Å². The monoisotopic (exact) mass is 388 g/mol. The molecule has 1 aromatic heterocycles. The van der Waals surface area contributed by atoms with Crippen molar-refractivity contribution in [1.29, 1.82) is 0 Å². The number of para-hydroxylation sites is 1. The summed E-state index contributed by atoms with van der Waals surface area (Å²) in [6, 6.07) is 14.6. The maximum atomic E-state index is 12.3. The number of hydrogen-bond donors (Lipinski definition) is 2. The number of thioether (sulfide) groups is 1. The molecular formula is C18H17ClN4O2S. The Morgan fingerprint density at radius 2 is 2.04 bits per heavy atom. The molecule has 0 aliphatic carbocycles. The fourth-order valence-corrected chi connectivity index (χ4v) is 3.16. The smallest absolute Gasteiger partial charge is 0.237 e. The Kier molecular flexibility index (Phi) is 5.80. The van der Waals surface area contributed by atoms with Crippen LogP contribution in [0.5, 0.6) is 5.75 Å². The zero-order valence-electron chi connectivity index (χ0n) is 14.2. The Morgan fingerprint density at radius 3 is 2.77 bits per heavy atom. The highest BCUT2D eigenvalue weighted by molar-refractivity contribution is 8.00. The number of carbonyl (C=O) groups is 1. The van der Waals surface area contributed by atoms with Crippen molar-refractivity contribution >= 4 is 35.0 Å². The Labute approximate surface area is 160 Å². The van der Waals surface area contributed by atoms with Gasteiger partial charge in [0.15, 0.2) is 5.82 Å². The molecule has 0 aliphatic rings. The van der Waals surface area contributed by atoms with Gasteiger partial charge in [-0.1, -0.05) is 41.6 Å². The largest absolute Gasteiger partial charge is 0.496 e. The number of anilines is 1. The molecule has 6 nitrogen and oxygen atoms in total. The zero-order valence-corrected chi connectivity index (χ0v) is 15.8. The summed E-state index contributed by atoms with van der Waals surface area (Å²) in [5, 5.41) is 10.6. The number of methoxy groups -OCH3 is 1. The summed E-state index contributed by atoms with van der Waals surface area (Å²) in [4.78, 5) is 16.7. The molecule has 0 aliphatic heterocycles. The molecule has 0 fully saturated rings. The van der Waals surface area contributed by atoms with Gasteiger partial charge in [0, 0.05) is 10.7 Å². The Hall–Kier alpha value is -2.51. The predicted molar refractivity (Wildman–Crippen MR) is 104 cm³/mol. The number of amides is 1. The predicted octanol–water partition coefficient (Wildman–Crippen LogP) is 4.25. The summed E-state index contributed by atoms with van der Waals surface area (Å²) in [6.07, 6.45) is 0. The number of aromatic amines is 1. The SMILES string of the molecule is COc1ccc(Cl)cc1-c1nc(SC(C)C(=O)Nc2ccccc2)n[nH]1. The molecule has 3 rings (SSSR count). The van der Waals surface area contributed by atoms with Gasteiger partial charge >= 0.3 is 0 Å². The lowest BCUT2D eigenvalue weighted by molar-refractivity contribution is -0.115. The molecule has 1 heterocycles. The minimum atomic E-state index is -0.361. The van der Waals surface area contributed by atoms with E-state index in [0.29, 0.717) is 27.3 Å². The van der Waals surface area contributed by atoms with Crippen LogP contribution in [-0.4, -0.2) is 33.4 Å². The fraction of sp³-hybridized carbons (Fsp3) is 0.167. The summed E-state index contributed by atoms with van der Waals surface area (Å²) < 4.78 is 5.33. The molecule has 0 saturated heterocycles. The van der Waals surface area contributed by atoms with Crippen LogP contribution in [0.2, 0.25) is 5.02 Å². The second kappa shape index (κ2) is 8.25. The van der Waals surface area contributed by atoms with E-state index in [9.17, 15) is 4.79 Å². The number of carbonyl (C=O) groups excluding carboxylic acids is 1. The molecule has 26 heavy (non-hydrogen) atoms. The van der Waals surface area contributed by atoms with Crippen LogP contribution in [-0.2, 0) is 4.79 Å². The van der Waals surface area contributed by atoms with Gasteiger partial charge in [-0.05, 0) is 37.3 Å². The van der Waals surface area contributed by atoms with Crippen molar-refractivity contribution in [3.05, 3.63) is 53.6 Å². The number of benzene rings is 2. The molecule has 0 spiro atoms. The summed E-state index contributed by atoms with van der Waals surface area (Å²) in [7, 11) is 1.58. The number of aromatic nitrogens is 3. The summed E-state index contributed by atoms with van der Waals surface area (Å²) in [5.74, 6) is 1.05. The number of ether oxygens (including phenoxy) is 1. The van der Waals surface area contributed by atoms with E-state index < -0.39 is 0 Å². The van der Waals surface area contributed by atoms with Gasteiger partial charge < -0.3 is 10.1 Å². The zero-order chi connectivity index (χ0) is 18.5. The Morgan fingerprint density at radius 1 is 1.27 bits per heavy atom. The van der Waals surface area contributed by atoms with E-state index in [2.05, 4.69) is 20.5 Å². The number of hydrogen-bond acceptors (Lipinski definition) is 5. The number of halogens is 1. The number of rotatable bonds is 6. The van der Waals surface area contributed by atoms with Gasteiger partial charge in [-0.3, -0.25) is 9.89 Å². The van der Waals surface area contributed by atoms with E-state index in [1.165, 1.54) is 11.8 Å². The van der Waals surface area contributed by atoms with Crippen molar-refractivity contribution in [3.8, 4) is 17.1 Å². The van der Waals surface area contributed by atoms with E-state index in [1.807, 2.05) is 30.3 Å². The molecule has 0 bridgehead atoms. The van der Waals surface area contributed by atoms with Crippen LogP contribution in [0, 0.1) is 0 Å². The minimum absolute atomic E-state index is 0.118. The number of nitrogens with zero attached hydrogens (tertiary/aromatic N) is 2. The van der Waals surface area contributed by atoms with E-state index >= 15 is 0 Å². The second-order valence-electron chi connectivity index (χ2n) is 5.43. The summed E-state index contributed by atoms with van der Waals surface area (Å²) in [5.41, 5.74) is 1.46. The van der Waals surface area contributed by atoms with Crippen molar-refractivity contribution in [2.45, 2.75) is 17.3 Å². The van der Waals surface area contributed by atoms with Crippen LogP contribution in [0.4, 0.5) is 5.69 Å². The standard InChI is InChI=1S/C18H17ClN4O2S/c1-11(17(24)20-13-6-4-3-5-7-13)26-18-21-16(22-23-18)14-10-12(19)8-9-15(14)25-2/h3-11H,1-2H3,(H,20,24)(H,21,22,23). The van der Waals surface area contributed by atoms with Gasteiger partial charge in [-0.15, -0.1) is 5.10 Å². The van der Waals surface area contributed by atoms with Gasteiger partial charge in [0.05, 0.1) is 17.9 Å². The first kappa shape index (κ1) is 18.3. The fourth-order valence-electron chi connectivity index (χ4n) is 2.26. The highest BCUT2D eigenvalue weighted by Crippen LogP contribution is 2.31. The molecule has 0 saturated carbocycles. The van der Waals surface area contributed by atoms with Crippen LogP contribution in [0.1, 0.15) is 6.92 Å².